The van der Waals surface area contributed by atoms with Crippen molar-refractivity contribution in [3.8, 4) is 55.9 Å². The number of aromatic nitrogens is 2. The second-order valence-corrected chi connectivity index (χ2v) is 10.7. The van der Waals surface area contributed by atoms with Gasteiger partial charge in [-0.2, -0.15) is 0 Å². The van der Waals surface area contributed by atoms with Crippen molar-refractivity contribution >= 4 is 0 Å². The molecule has 0 radical (unpaired) electrons. The molecule has 0 saturated heterocycles. The molecule has 0 saturated carbocycles. The van der Waals surface area contributed by atoms with Gasteiger partial charge in [0.05, 0.1) is 0 Å². The fourth-order valence-corrected chi connectivity index (χ4v) is 5.64. The number of aryl methyl sites for hydroxylation is 4. The summed E-state index contributed by atoms with van der Waals surface area (Å²) in [6.07, 6.45) is 3.59. The highest BCUT2D eigenvalue weighted by Gasteiger charge is 2.13. The fourth-order valence-electron chi connectivity index (χ4n) is 5.64. The minimum absolute atomic E-state index is 0.727. The molecule has 0 atom stereocenters. The molecule has 0 spiro atoms. The molecular weight excluding hydrogens is 484 g/mol. The van der Waals surface area contributed by atoms with Gasteiger partial charge in [-0.25, -0.2) is 9.97 Å². The van der Waals surface area contributed by atoms with E-state index in [2.05, 4.69) is 141 Å². The van der Waals surface area contributed by atoms with E-state index in [0.717, 1.165) is 17.0 Å². The molecule has 0 aliphatic heterocycles. The first kappa shape index (κ1) is 25.5. The zero-order valence-electron chi connectivity index (χ0n) is 23.4. The molecule has 0 amide bonds. The highest BCUT2D eigenvalue weighted by atomic mass is 14.8. The number of rotatable bonds is 5. The predicted octanol–water partition coefficient (Wildman–Crippen LogP) is 10.0. The Hall–Kier alpha value is -4.82. The van der Waals surface area contributed by atoms with Crippen LogP contribution in [-0.4, -0.2) is 9.97 Å². The number of hydrogen-bond donors (Lipinski definition) is 0. The summed E-state index contributed by atoms with van der Waals surface area (Å²) >= 11 is 0. The van der Waals surface area contributed by atoms with Gasteiger partial charge < -0.3 is 0 Å². The van der Waals surface area contributed by atoms with E-state index in [0.29, 0.717) is 0 Å². The summed E-state index contributed by atoms with van der Waals surface area (Å²) in [5.41, 5.74) is 15.7. The van der Waals surface area contributed by atoms with Crippen LogP contribution in [0, 0.1) is 27.7 Å². The maximum atomic E-state index is 4.53. The van der Waals surface area contributed by atoms with E-state index in [-0.39, 0.29) is 0 Å². The maximum Gasteiger partial charge on any atom is 0.159 e. The molecule has 0 unspecified atom stereocenters. The first-order valence-electron chi connectivity index (χ1n) is 13.7. The van der Waals surface area contributed by atoms with E-state index < -0.39 is 0 Å². The standard InChI is InChI=1S/C38H32N2/c1-25-16-26(2)19-34(18-25)29-8-5-10-31(22-29)36-13-12-33(38-39-14-7-15-40-38)24-37(36)32-11-6-9-30(23-32)35-20-27(3)17-28(4)21-35/h5-24H,1-4H3. The van der Waals surface area contributed by atoms with Gasteiger partial charge in [-0.05, 0) is 96.5 Å². The lowest BCUT2D eigenvalue weighted by Gasteiger charge is -2.15. The zero-order valence-corrected chi connectivity index (χ0v) is 23.4. The lowest BCUT2D eigenvalue weighted by Crippen LogP contribution is -1.92. The summed E-state index contributed by atoms with van der Waals surface area (Å²) in [6.45, 7) is 8.63. The van der Waals surface area contributed by atoms with Crippen LogP contribution in [0.2, 0.25) is 0 Å². The van der Waals surface area contributed by atoms with Gasteiger partial charge in [0.15, 0.2) is 5.82 Å². The van der Waals surface area contributed by atoms with Crippen LogP contribution in [0.4, 0.5) is 0 Å². The quantitative estimate of drug-likeness (QED) is 0.228. The van der Waals surface area contributed by atoms with E-state index in [1.54, 1.807) is 12.4 Å². The smallest absolute Gasteiger partial charge is 0.159 e. The number of hydrogen-bond acceptors (Lipinski definition) is 2. The molecule has 0 fully saturated rings. The Balaban J connectivity index is 1.52. The molecule has 194 valence electrons. The van der Waals surface area contributed by atoms with Gasteiger partial charge in [0.25, 0.3) is 0 Å². The van der Waals surface area contributed by atoms with Crippen molar-refractivity contribution in [3.63, 3.8) is 0 Å². The molecule has 0 aliphatic rings. The number of nitrogens with zero attached hydrogens (tertiary/aromatic N) is 2. The van der Waals surface area contributed by atoms with Gasteiger partial charge in [-0.3, -0.25) is 0 Å². The van der Waals surface area contributed by atoms with E-state index in [1.807, 2.05) is 6.07 Å². The van der Waals surface area contributed by atoms with Gasteiger partial charge in [0, 0.05) is 18.0 Å². The highest BCUT2D eigenvalue weighted by Crippen LogP contribution is 2.38. The lowest BCUT2D eigenvalue weighted by atomic mass is 9.89. The summed E-state index contributed by atoms with van der Waals surface area (Å²) in [6, 6.07) is 39.6. The normalized spacial score (nSPS) is 11.0. The molecule has 5 aromatic carbocycles. The fraction of sp³-hybridized carbons (Fsp3) is 0.105. The van der Waals surface area contributed by atoms with E-state index in [1.165, 1.54) is 61.2 Å². The van der Waals surface area contributed by atoms with Crippen molar-refractivity contribution in [2.75, 3.05) is 0 Å². The molecule has 0 aliphatic carbocycles. The molecule has 1 heterocycles. The molecule has 40 heavy (non-hydrogen) atoms. The Morgan fingerprint density at radius 2 is 0.825 bits per heavy atom. The predicted molar refractivity (Wildman–Crippen MR) is 168 cm³/mol. The first-order chi connectivity index (χ1) is 19.4. The minimum Gasteiger partial charge on any atom is -0.237 e. The monoisotopic (exact) mass is 516 g/mol. The molecular formula is C38H32N2. The largest absolute Gasteiger partial charge is 0.237 e. The summed E-state index contributed by atoms with van der Waals surface area (Å²) in [7, 11) is 0. The summed E-state index contributed by atoms with van der Waals surface area (Å²) in [5.74, 6) is 0.727. The van der Waals surface area contributed by atoms with Crippen molar-refractivity contribution in [2.24, 2.45) is 0 Å². The molecule has 2 heteroatoms. The minimum atomic E-state index is 0.727. The number of benzene rings is 5. The van der Waals surface area contributed by atoms with Crippen LogP contribution in [0.25, 0.3) is 55.9 Å². The van der Waals surface area contributed by atoms with Crippen LogP contribution in [0.5, 0.6) is 0 Å². The van der Waals surface area contributed by atoms with E-state index in [9.17, 15) is 0 Å². The van der Waals surface area contributed by atoms with Gasteiger partial charge >= 0.3 is 0 Å². The van der Waals surface area contributed by atoms with Crippen LogP contribution < -0.4 is 0 Å². The SMILES string of the molecule is Cc1cc(C)cc(-c2cccc(-c3ccc(-c4ncccn4)cc3-c3cccc(-c4cc(C)cc(C)c4)c3)c2)c1. The third-order valence-corrected chi connectivity index (χ3v) is 7.30. The van der Waals surface area contributed by atoms with Crippen molar-refractivity contribution in [1.29, 1.82) is 0 Å². The van der Waals surface area contributed by atoms with Gasteiger partial charge in [-0.1, -0.05) is 107 Å². The van der Waals surface area contributed by atoms with Gasteiger partial charge in [0.2, 0.25) is 0 Å². The highest BCUT2D eigenvalue weighted by molar-refractivity contribution is 5.89. The van der Waals surface area contributed by atoms with Gasteiger partial charge in [-0.15, -0.1) is 0 Å². The van der Waals surface area contributed by atoms with Crippen molar-refractivity contribution < 1.29 is 0 Å². The van der Waals surface area contributed by atoms with Crippen LogP contribution in [0.1, 0.15) is 22.3 Å². The Morgan fingerprint density at radius 1 is 0.350 bits per heavy atom. The lowest BCUT2D eigenvalue weighted by molar-refractivity contribution is 1.18. The van der Waals surface area contributed by atoms with E-state index in [4.69, 9.17) is 0 Å². The molecule has 0 N–H and O–H groups in total. The Labute approximate surface area is 237 Å². The maximum absolute atomic E-state index is 4.53. The summed E-state index contributed by atoms with van der Waals surface area (Å²) < 4.78 is 0. The third-order valence-electron chi connectivity index (χ3n) is 7.30. The van der Waals surface area contributed by atoms with E-state index >= 15 is 0 Å². The zero-order chi connectivity index (χ0) is 27.6. The van der Waals surface area contributed by atoms with Crippen LogP contribution >= 0.6 is 0 Å². The molecule has 0 bridgehead atoms. The topological polar surface area (TPSA) is 25.8 Å². The van der Waals surface area contributed by atoms with Crippen molar-refractivity contribution in [2.45, 2.75) is 27.7 Å². The second-order valence-electron chi connectivity index (χ2n) is 10.7. The van der Waals surface area contributed by atoms with Gasteiger partial charge in [0.1, 0.15) is 0 Å². The van der Waals surface area contributed by atoms with Crippen molar-refractivity contribution in [1.82, 2.24) is 9.97 Å². The third kappa shape index (κ3) is 5.34. The molecule has 6 aromatic rings. The summed E-state index contributed by atoms with van der Waals surface area (Å²) in [4.78, 5) is 9.06. The Kier molecular flexibility index (Phi) is 6.84. The average Bonchev–Trinajstić information content (AvgIpc) is 2.96. The Bertz CT molecular complexity index is 1790. The Morgan fingerprint density at radius 3 is 1.35 bits per heavy atom. The molecule has 2 nitrogen and oxygen atoms in total. The van der Waals surface area contributed by atoms with Crippen molar-refractivity contribution in [3.05, 3.63) is 144 Å². The average molecular weight is 517 g/mol. The summed E-state index contributed by atoms with van der Waals surface area (Å²) in [5, 5.41) is 0. The van der Waals surface area contributed by atoms with Crippen LogP contribution in [0.3, 0.4) is 0 Å². The van der Waals surface area contributed by atoms with Crippen LogP contribution in [-0.2, 0) is 0 Å². The first-order valence-corrected chi connectivity index (χ1v) is 13.7. The molecule has 6 rings (SSSR count). The molecule has 1 aromatic heterocycles. The second kappa shape index (κ2) is 10.7. The van der Waals surface area contributed by atoms with Crippen LogP contribution in [0.15, 0.2) is 122 Å².